The normalized spacial score (nSPS) is 16.4. The lowest BCUT2D eigenvalue weighted by Gasteiger charge is -2.41. The van der Waals surface area contributed by atoms with Gasteiger partial charge in [-0.3, -0.25) is 4.79 Å². The average Bonchev–Trinajstić information content (AvgIpc) is 2.99. The smallest absolute Gasteiger partial charge is 0.327 e. The lowest BCUT2D eigenvalue weighted by molar-refractivity contribution is -0.141. The Bertz CT molecular complexity index is 559. The Labute approximate surface area is 143 Å². The Morgan fingerprint density at radius 2 is 2.21 bits per heavy atom. The number of carbonyl (C=O) groups is 1. The average molecular weight is 336 g/mol. The van der Waals surface area contributed by atoms with Crippen molar-refractivity contribution in [3.63, 3.8) is 0 Å². The second-order valence-corrected chi connectivity index (χ2v) is 6.24. The van der Waals surface area contributed by atoms with Crippen LogP contribution in [0.1, 0.15) is 45.2 Å². The van der Waals surface area contributed by atoms with Crippen LogP contribution in [0.2, 0.25) is 0 Å². The van der Waals surface area contributed by atoms with Gasteiger partial charge in [0.2, 0.25) is 0 Å². The number of guanidine groups is 1. The Morgan fingerprint density at radius 1 is 1.42 bits per heavy atom. The number of methoxy groups -OCH3 is 1. The monoisotopic (exact) mass is 336 g/mol. The van der Waals surface area contributed by atoms with E-state index in [4.69, 9.17) is 0 Å². The van der Waals surface area contributed by atoms with Gasteiger partial charge in [-0.2, -0.15) is 0 Å². The SMILES string of the molecule is CCNC(=NCc1cn(CC(=O)OC)nn1)NCC1(CC)CCC1. The third kappa shape index (κ3) is 4.94. The van der Waals surface area contributed by atoms with Gasteiger partial charge in [0.15, 0.2) is 5.96 Å². The quantitative estimate of drug-likeness (QED) is 0.419. The predicted molar refractivity (Wildman–Crippen MR) is 91.4 cm³/mol. The Hall–Kier alpha value is -2.12. The topological polar surface area (TPSA) is 93.4 Å². The summed E-state index contributed by atoms with van der Waals surface area (Å²) in [6.07, 6.45) is 6.81. The van der Waals surface area contributed by atoms with Gasteiger partial charge in [0.05, 0.1) is 19.9 Å². The largest absolute Gasteiger partial charge is 0.468 e. The first-order valence-electron chi connectivity index (χ1n) is 8.59. The number of esters is 1. The number of hydrogen-bond donors (Lipinski definition) is 2. The van der Waals surface area contributed by atoms with Crippen molar-refractivity contribution in [3.8, 4) is 0 Å². The summed E-state index contributed by atoms with van der Waals surface area (Å²) in [7, 11) is 1.35. The molecule has 2 rings (SSSR count). The van der Waals surface area contributed by atoms with Crippen LogP contribution in [0.25, 0.3) is 0 Å². The van der Waals surface area contributed by atoms with Crippen LogP contribution < -0.4 is 10.6 Å². The van der Waals surface area contributed by atoms with E-state index < -0.39 is 0 Å². The maximum Gasteiger partial charge on any atom is 0.327 e. The van der Waals surface area contributed by atoms with Gasteiger partial charge < -0.3 is 15.4 Å². The fourth-order valence-corrected chi connectivity index (χ4v) is 2.79. The van der Waals surface area contributed by atoms with Gasteiger partial charge in [-0.05, 0) is 31.6 Å². The molecule has 8 heteroatoms. The van der Waals surface area contributed by atoms with Crippen molar-refractivity contribution in [1.82, 2.24) is 25.6 Å². The number of rotatable bonds is 8. The molecule has 0 saturated heterocycles. The molecule has 1 heterocycles. The van der Waals surface area contributed by atoms with E-state index in [1.165, 1.54) is 37.5 Å². The van der Waals surface area contributed by atoms with Crippen LogP contribution in [0, 0.1) is 5.41 Å². The van der Waals surface area contributed by atoms with Crippen LogP contribution in [-0.2, 0) is 22.6 Å². The van der Waals surface area contributed by atoms with E-state index in [1.54, 1.807) is 6.20 Å². The Kier molecular flexibility index (Phi) is 6.57. The van der Waals surface area contributed by atoms with E-state index in [2.05, 4.69) is 37.6 Å². The highest BCUT2D eigenvalue weighted by Crippen LogP contribution is 2.42. The molecule has 0 atom stereocenters. The molecule has 24 heavy (non-hydrogen) atoms. The summed E-state index contributed by atoms with van der Waals surface area (Å²) in [6, 6.07) is 0. The summed E-state index contributed by atoms with van der Waals surface area (Å²) in [5.41, 5.74) is 1.14. The van der Waals surface area contributed by atoms with Crippen molar-refractivity contribution < 1.29 is 9.53 Å². The van der Waals surface area contributed by atoms with E-state index in [1.807, 2.05) is 6.92 Å². The van der Waals surface area contributed by atoms with Crippen LogP contribution in [-0.4, -0.2) is 47.1 Å². The molecule has 1 aliphatic rings. The zero-order valence-electron chi connectivity index (χ0n) is 14.8. The number of hydrogen-bond acceptors (Lipinski definition) is 5. The van der Waals surface area contributed by atoms with Gasteiger partial charge >= 0.3 is 5.97 Å². The van der Waals surface area contributed by atoms with Crippen molar-refractivity contribution in [3.05, 3.63) is 11.9 Å². The maximum atomic E-state index is 11.2. The van der Waals surface area contributed by atoms with Gasteiger partial charge in [-0.1, -0.05) is 18.6 Å². The molecule has 0 bridgehead atoms. The van der Waals surface area contributed by atoms with Gasteiger partial charge in [0, 0.05) is 13.1 Å². The lowest BCUT2D eigenvalue weighted by atomic mass is 9.67. The molecular formula is C16H28N6O2. The summed E-state index contributed by atoms with van der Waals surface area (Å²) in [6.45, 7) is 6.53. The summed E-state index contributed by atoms with van der Waals surface area (Å²) >= 11 is 0. The molecule has 1 aromatic rings. The molecular weight excluding hydrogens is 308 g/mol. The van der Waals surface area contributed by atoms with Crippen molar-refractivity contribution in [2.45, 2.75) is 52.6 Å². The molecule has 1 fully saturated rings. The highest BCUT2D eigenvalue weighted by molar-refractivity contribution is 5.79. The highest BCUT2D eigenvalue weighted by Gasteiger charge is 2.34. The number of nitrogens with one attached hydrogen (secondary N) is 2. The van der Waals surface area contributed by atoms with E-state index >= 15 is 0 Å². The molecule has 0 spiro atoms. The highest BCUT2D eigenvalue weighted by atomic mass is 16.5. The molecule has 0 aromatic carbocycles. The molecule has 2 N–H and O–H groups in total. The second kappa shape index (κ2) is 8.65. The first kappa shape index (κ1) is 18.2. The van der Waals surface area contributed by atoms with E-state index in [0.717, 1.165) is 19.0 Å². The maximum absolute atomic E-state index is 11.2. The third-order valence-electron chi connectivity index (χ3n) is 4.64. The Morgan fingerprint density at radius 3 is 2.79 bits per heavy atom. The number of nitrogens with zero attached hydrogens (tertiary/aromatic N) is 4. The number of aromatic nitrogens is 3. The number of aliphatic imine (C=N–C) groups is 1. The standard InChI is InChI=1S/C16H28N6O2/c1-4-16(7-6-8-16)12-19-15(17-5-2)18-9-13-10-22(21-20-13)11-14(23)24-3/h10H,4-9,11-12H2,1-3H3,(H2,17,18,19). The minimum atomic E-state index is -0.352. The van der Waals surface area contributed by atoms with Crippen LogP contribution in [0.4, 0.5) is 0 Å². The summed E-state index contributed by atoms with van der Waals surface area (Å²) in [5.74, 6) is 0.440. The van der Waals surface area contributed by atoms with Crippen molar-refractivity contribution in [2.24, 2.45) is 10.4 Å². The summed E-state index contributed by atoms with van der Waals surface area (Å²) < 4.78 is 6.06. The van der Waals surface area contributed by atoms with Gasteiger partial charge in [-0.15, -0.1) is 5.10 Å². The first-order chi connectivity index (χ1) is 11.6. The van der Waals surface area contributed by atoms with Crippen LogP contribution >= 0.6 is 0 Å². The van der Waals surface area contributed by atoms with Gasteiger partial charge in [-0.25, -0.2) is 9.67 Å². The van der Waals surface area contributed by atoms with Crippen LogP contribution in [0.5, 0.6) is 0 Å². The molecule has 0 amide bonds. The third-order valence-corrected chi connectivity index (χ3v) is 4.64. The number of ether oxygens (including phenoxy) is 1. The van der Waals surface area contributed by atoms with Crippen molar-refractivity contribution in [2.75, 3.05) is 20.2 Å². The van der Waals surface area contributed by atoms with Crippen LogP contribution in [0.3, 0.4) is 0 Å². The molecule has 1 aliphatic carbocycles. The molecule has 1 aromatic heterocycles. The second-order valence-electron chi connectivity index (χ2n) is 6.24. The van der Waals surface area contributed by atoms with Gasteiger partial charge in [0.25, 0.3) is 0 Å². The zero-order valence-corrected chi connectivity index (χ0v) is 14.8. The molecule has 0 unspecified atom stereocenters. The lowest BCUT2D eigenvalue weighted by Crippen LogP contribution is -2.46. The van der Waals surface area contributed by atoms with Crippen LogP contribution in [0.15, 0.2) is 11.2 Å². The zero-order chi connectivity index (χ0) is 17.4. The minimum Gasteiger partial charge on any atom is -0.468 e. The summed E-state index contributed by atoms with van der Waals surface area (Å²) in [5, 5.41) is 14.6. The van der Waals surface area contributed by atoms with Crippen molar-refractivity contribution in [1.29, 1.82) is 0 Å². The van der Waals surface area contributed by atoms with E-state index in [-0.39, 0.29) is 12.5 Å². The summed E-state index contributed by atoms with van der Waals surface area (Å²) in [4.78, 5) is 15.8. The predicted octanol–water partition coefficient (Wildman–Crippen LogP) is 1.09. The van der Waals surface area contributed by atoms with Crippen molar-refractivity contribution >= 4 is 11.9 Å². The van der Waals surface area contributed by atoms with Gasteiger partial charge in [0.1, 0.15) is 12.2 Å². The molecule has 0 radical (unpaired) electrons. The Balaban J connectivity index is 1.89. The number of carbonyl (C=O) groups excluding carboxylic acids is 1. The fraction of sp³-hybridized carbons (Fsp3) is 0.750. The fourth-order valence-electron chi connectivity index (χ4n) is 2.79. The molecule has 134 valence electrons. The first-order valence-corrected chi connectivity index (χ1v) is 8.59. The molecule has 1 saturated carbocycles. The van der Waals surface area contributed by atoms with E-state index in [0.29, 0.717) is 17.7 Å². The molecule has 8 nitrogen and oxygen atoms in total. The minimum absolute atomic E-state index is 0.0601. The van der Waals surface area contributed by atoms with E-state index in [9.17, 15) is 4.79 Å². The molecule has 0 aliphatic heterocycles.